The summed E-state index contributed by atoms with van der Waals surface area (Å²) >= 11 is 0. The van der Waals surface area contributed by atoms with Gasteiger partial charge in [0.2, 0.25) is 5.91 Å². The van der Waals surface area contributed by atoms with Crippen LogP contribution in [0.3, 0.4) is 0 Å². The lowest BCUT2D eigenvalue weighted by Crippen LogP contribution is -2.41. The van der Waals surface area contributed by atoms with Gasteiger partial charge in [-0.3, -0.25) is 4.79 Å². The van der Waals surface area contributed by atoms with Gasteiger partial charge in [-0.25, -0.2) is 0 Å². The van der Waals surface area contributed by atoms with E-state index in [0.29, 0.717) is 18.8 Å². The standard InChI is InChI=1S/C20H26N2O3/c1-13(18-14(2)21-25-15(18)3)20(24)22-11-9-17(10-12-22)19(23)16-7-5-4-6-8-16/h4-8,13,17,19,23H,9-12H2,1-3H3. The fourth-order valence-corrected chi connectivity index (χ4v) is 3.86. The maximum absolute atomic E-state index is 12.8. The molecule has 1 aromatic carbocycles. The second kappa shape index (κ2) is 7.40. The molecule has 2 aromatic rings. The van der Waals surface area contributed by atoms with Gasteiger partial charge in [-0.2, -0.15) is 0 Å². The lowest BCUT2D eigenvalue weighted by molar-refractivity contribution is -0.134. The molecule has 1 N–H and O–H groups in total. The third-order valence-electron chi connectivity index (χ3n) is 5.33. The highest BCUT2D eigenvalue weighted by molar-refractivity contribution is 5.83. The van der Waals surface area contributed by atoms with Gasteiger partial charge in [0.25, 0.3) is 0 Å². The Kier molecular flexibility index (Phi) is 5.23. The van der Waals surface area contributed by atoms with Crippen molar-refractivity contribution in [1.82, 2.24) is 10.1 Å². The number of aromatic nitrogens is 1. The summed E-state index contributed by atoms with van der Waals surface area (Å²) in [7, 11) is 0. The molecule has 25 heavy (non-hydrogen) atoms. The number of carbonyl (C=O) groups excluding carboxylic acids is 1. The molecule has 2 atom stereocenters. The van der Waals surface area contributed by atoms with E-state index in [1.54, 1.807) is 0 Å². The Hall–Kier alpha value is -2.14. The molecule has 1 aromatic heterocycles. The largest absolute Gasteiger partial charge is 0.388 e. The summed E-state index contributed by atoms with van der Waals surface area (Å²) in [5.74, 6) is 0.775. The molecule has 5 heteroatoms. The molecule has 0 spiro atoms. The highest BCUT2D eigenvalue weighted by Gasteiger charge is 2.32. The Morgan fingerprint density at radius 3 is 2.44 bits per heavy atom. The van der Waals surface area contributed by atoms with Crippen molar-refractivity contribution in [3.05, 3.63) is 52.9 Å². The Bertz CT molecular complexity index is 698. The molecule has 3 rings (SSSR count). The van der Waals surface area contributed by atoms with Gasteiger partial charge < -0.3 is 14.5 Å². The lowest BCUT2D eigenvalue weighted by Gasteiger charge is -2.35. The van der Waals surface area contributed by atoms with Crippen molar-refractivity contribution in [2.45, 2.75) is 45.6 Å². The Morgan fingerprint density at radius 2 is 1.88 bits per heavy atom. The average molecular weight is 342 g/mol. The van der Waals surface area contributed by atoms with Crippen LogP contribution in [0.2, 0.25) is 0 Å². The maximum Gasteiger partial charge on any atom is 0.230 e. The van der Waals surface area contributed by atoms with E-state index in [4.69, 9.17) is 4.52 Å². The van der Waals surface area contributed by atoms with Crippen molar-refractivity contribution >= 4 is 5.91 Å². The number of aliphatic hydroxyl groups is 1. The zero-order valence-electron chi connectivity index (χ0n) is 15.1. The van der Waals surface area contributed by atoms with Gasteiger partial charge in [0.05, 0.1) is 17.7 Å². The van der Waals surface area contributed by atoms with Crippen molar-refractivity contribution in [3.8, 4) is 0 Å². The van der Waals surface area contributed by atoms with Gasteiger partial charge in [0.15, 0.2) is 0 Å². The number of carbonyl (C=O) groups is 1. The Balaban J connectivity index is 1.61. The summed E-state index contributed by atoms with van der Waals surface area (Å²) in [5, 5.41) is 14.5. The van der Waals surface area contributed by atoms with Gasteiger partial charge in [0, 0.05) is 18.7 Å². The van der Waals surface area contributed by atoms with Crippen LogP contribution < -0.4 is 0 Å². The Labute approximate surface area is 148 Å². The summed E-state index contributed by atoms with van der Waals surface area (Å²) in [6, 6.07) is 9.77. The lowest BCUT2D eigenvalue weighted by atomic mass is 9.86. The van der Waals surface area contributed by atoms with E-state index in [-0.39, 0.29) is 17.7 Å². The van der Waals surface area contributed by atoms with Gasteiger partial charge in [-0.1, -0.05) is 35.5 Å². The van der Waals surface area contributed by atoms with E-state index in [9.17, 15) is 9.90 Å². The van der Waals surface area contributed by atoms with E-state index in [2.05, 4.69) is 5.16 Å². The number of hydrogen-bond acceptors (Lipinski definition) is 4. The topological polar surface area (TPSA) is 66.6 Å². The second-order valence-electron chi connectivity index (χ2n) is 6.98. The Morgan fingerprint density at radius 1 is 1.24 bits per heavy atom. The number of aliphatic hydroxyl groups excluding tert-OH is 1. The molecule has 2 heterocycles. The van der Waals surface area contributed by atoms with E-state index in [0.717, 1.165) is 29.7 Å². The van der Waals surface area contributed by atoms with Crippen molar-refractivity contribution in [2.24, 2.45) is 5.92 Å². The van der Waals surface area contributed by atoms with E-state index in [1.165, 1.54) is 0 Å². The van der Waals surface area contributed by atoms with Gasteiger partial charge in [-0.15, -0.1) is 0 Å². The highest BCUT2D eigenvalue weighted by Crippen LogP contribution is 2.32. The molecule has 1 saturated heterocycles. The summed E-state index contributed by atoms with van der Waals surface area (Å²) in [6.45, 7) is 7.00. The zero-order valence-corrected chi connectivity index (χ0v) is 15.1. The maximum atomic E-state index is 12.8. The normalized spacial score (nSPS) is 18.2. The predicted octanol–water partition coefficient (Wildman–Crippen LogP) is 3.37. The molecule has 0 saturated carbocycles. The minimum absolute atomic E-state index is 0.113. The smallest absolute Gasteiger partial charge is 0.230 e. The molecule has 1 amide bonds. The SMILES string of the molecule is Cc1noc(C)c1C(C)C(=O)N1CCC(C(O)c2ccccc2)CC1. The summed E-state index contributed by atoms with van der Waals surface area (Å²) < 4.78 is 5.20. The minimum Gasteiger partial charge on any atom is -0.388 e. The molecule has 134 valence electrons. The third kappa shape index (κ3) is 3.61. The number of hydrogen-bond donors (Lipinski definition) is 1. The van der Waals surface area contributed by atoms with Crippen LogP contribution in [0.25, 0.3) is 0 Å². The van der Waals surface area contributed by atoms with Crippen LogP contribution in [0.1, 0.15) is 54.4 Å². The fourth-order valence-electron chi connectivity index (χ4n) is 3.86. The number of nitrogens with zero attached hydrogens (tertiary/aromatic N) is 2. The number of amides is 1. The van der Waals surface area contributed by atoms with Gasteiger partial charge in [-0.05, 0) is 45.1 Å². The highest BCUT2D eigenvalue weighted by atomic mass is 16.5. The summed E-state index contributed by atoms with van der Waals surface area (Å²) in [6.07, 6.45) is 1.17. The van der Waals surface area contributed by atoms with Crippen LogP contribution in [-0.4, -0.2) is 34.2 Å². The van der Waals surface area contributed by atoms with Crippen molar-refractivity contribution < 1.29 is 14.4 Å². The average Bonchev–Trinajstić information content (AvgIpc) is 2.99. The first-order chi connectivity index (χ1) is 12.0. The fraction of sp³-hybridized carbons (Fsp3) is 0.500. The van der Waals surface area contributed by atoms with E-state index < -0.39 is 6.10 Å². The summed E-state index contributed by atoms with van der Waals surface area (Å²) in [5.41, 5.74) is 2.64. The molecule has 0 aliphatic carbocycles. The number of piperidine rings is 1. The van der Waals surface area contributed by atoms with Crippen LogP contribution >= 0.6 is 0 Å². The minimum atomic E-state index is -0.460. The molecule has 0 bridgehead atoms. The number of rotatable bonds is 4. The quantitative estimate of drug-likeness (QED) is 0.925. The molecule has 1 fully saturated rings. The number of benzene rings is 1. The molecule has 5 nitrogen and oxygen atoms in total. The molecule has 1 aliphatic rings. The van der Waals surface area contributed by atoms with E-state index >= 15 is 0 Å². The predicted molar refractivity (Wildman–Crippen MR) is 95.1 cm³/mol. The van der Waals surface area contributed by atoms with Crippen molar-refractivity contribution in [1.29, 1.82) is 0 Å². The third-order valence-corrected chi connectivity index (χ3v) is 5.33. The van der Waals surface area contributed by atoms with Crippen LogP contribution in [0, 0.1) is 19.8 Å². The van der Waals surface area contributed by atoms with E-state index in [1.807, 2.05) is 56.0 Å². The molecule has 2 unspecified atom stereocenters. The van der Waals surface area contributed by atoms with Gasteiger partial charge >= 0.3 is 0 Å². The molecular formula is C20H26N2O3. The molecule has 0 radical (unpaired) electrons. The van der Waals surface area contributed by atoms with Crippen LogP contribution in [0.4, 0.5) is 0 Å². The monoisotopic (exact) mass is 342 g/mol. The summed E-state index contributed by atoms with van der Waals surface area (Å²) in [4.78, 5) is 14.7. The number of aryl methyl sites for hydroxylation is 2. The first kappa shape index (κ1) is 17.7. The van der Waals surface area contributed by atoms with Crippen LogP contribution in [0.5, 0.6) is 0 Å². The van der Waals surface area contributed by atoms with Crippen LogP contribution in [-0.2, 0) is 4.79 Å². The number of likely N-dealkylation sites (tertiary alicyclic amines) is 1. The second-order valence-corrected chi connectivity index (χ2v) is 6.98. The van der Waals surface area contributed by atoms with Crippen molar-refractivity contribution in [2.75, 3.05) is 13.1 Å². The van der Waals surface area contributed by atoms with Crippen molar-refractivity contribution in [3.63, 3.8) is 0 Å². The first-order valence-corrected chi connectivity index (χ1v) is 8.93. The first-order valence-electron chi connectivity index (χ1n) is 8.93. The molecule has 1 aliphatic heterocycles. The zero-order chi connectivity index (χ0) is 18.0. The van der Waals surface area contributed by atoms with Gasteiger partial charge in [0.1, 0.15) is 5.76 Å². The van der Waals surface area contributed by atoms with Crippen LogP contribution in [0.15, 0.2) is 34.9 Å². The molecular weight excluding hydrogens is 316 g/mol.